The van der Waals surface area contributed by atoms with Crippen LogP contribution >= 0.6 is 0 Å². The molecule has 0 spiro atoms. The quantitative estimate of drug-likeness (QED) is 0.274. The van der Waals surface area contributed by atoms with Crippen LogP contribution in [0.25, 0.3) is 10.9 Å². The summed E-state index contributed by atoms with van der Waals surface area (Å²) in [4.78, 5) is 23.1. The van der Waals surface area contributed by atoms with Crippen molar-refractivity contribution in [2.45, 2.75) is 32.5 Å². The van der Waals surface area contributed by atoms with Crippen LogP contribution in [-0.4, -0.2) is 85.4 Å². The molecule has 4 heterocycles. The van der Waals surface area contributed by atoms with Crippen molar-refractivity contribution in [3.63, 3.8) is 0 Å². The van der Waals surface area contributed by atoms with Crippen LogP contribution in [0.3, 0.4) is 0 Å². The molecule has 4 aromatic rings. The van der Waals surface area contributed by atoms with E-state index >= 15 is 0 Å². The number of carbonyl (C=O) groups is 1. The van der Waals surface area contributed by atoms with Gasteiger partial charge in [0.15, 0.2) is 17.6 Å². The van der Waals surface area contributed by atoms with Crippen molar-refractivity contribution < 1.29 is 28.5 Å². The number of morpholine rings is 1. The Morgan fingerprint density at radius 1 is 1.05 bits per heavy atom. The Morgan fingerprint density at radius 2 is 1.81 bits per heavy atom. The van der Waals surface area contributed by atoms with Crippen LogP contribution in [0.1, 0.15) is 17.7 Å². The summed E-state index contributed by atoms with van der Waals surface area (Å²) < 4.78 is 31.1. The Hall–Kier alpha value is -4.51. The number of hydrogen-bond acceptors (Lipinski definition) is 9. The Labute approximate surface area is 250 Å². The smallest absolute Gasteiger partial charge is 0.224 e. The van der Waals surface area contributed by atoms with Crippen LogP contribution in [0.5, 0.6) is 23.0 Å². The first-order valence-electron chi connectivity index (χ1n) is 14.6. The lowest BCUT2D eigenvalue weighted by atomic mass is 10.1. The van der Waals surface area contributed by atoms with Crippen LogP contribution < -0.4 is 23.8 Å². The zero-order valence-corrected chi connectivity index (χ0v) is 24.8. The molecule has 11 heteroatoms. The number of para-hydroxylation sites is 2. The van der Waals surface area contributed by atoms with E-state index in [0.29, 0.717) is 81.1 Å². The van der Waals surface area contributed by atoms with Gasteiger partial charge in [0.2, 0.25) is 5.91 Å². The van der Waals surface area contributed by atoms with Crippen LogP contribution in [-0.2, 0) is 22.6 Å². The summed E-state index contributed by atoms with van der Waals surface area (Å²) in [5, 5.41) is 5.28. The molecule has 0 aliphatic carbocycles. The molecule has 2 aliphatic rings. The molecule has 1 amide bonds. The van der Waals surface area contributed by atoms with Gasteiger partial charge in [0.25, 0.3) is 0 Å². The highest BCUT2D eigenvalue weighted by atomic mass is 16.6. The van der Waals surface area contributed by atoms with E-state index in [1.807, 2.05) is 60.5 Å². The van der Waals surface area contributed by atoms with Gasteiger partial charge < -0.3 is 33.5 Å². The molecule has 6 rings (SSSR count). The molecule has 11 nitrogen and oxygen atoms in total. The summed E-state index contributed by atoms with van der Waals surface area (Å²) >= 11 is 0. The minimum absolute atomic E-state index is 0.0127. The van der Waals surface area contributed by atoms with Crippen LogP contribution in [0.2, 0.25) is 0 Å². The van der Waals surface area contributed by atoms with E-state index in [4.69, 9.17) is 28.7 Å². The summed E-state index contributed by atoms with van der Waals surface area (Å²) in [5.41, 5.74) is 2.53. The second-order valence-electron chi connectivity index (χ2n) is 10.7. The number of aryl methyl sites for hydroxylation is 2. The Bertz CT molecular complexity index is 1580. The normalized spacial score (nSPS) is 16.3. The predicted octanol–water partition coefficient (Wildman–Crippen LogP) is 3.85. The van der Waals surface area contributed by atoms with Crippen molar-refractivity contribution in [2.24, 2.45) is 0 Å². The van der Waals surface area contributed by atoms with Crippen molar-refractivity contribution in [1.29, 1.82) is 0 Å². The number of methoxy groups -OCH3 is 2. The summed E-state index contributed by atoms with van der Waals surface area (Å²) in [6.45, 7) is 6.03. The van der Waals surface area contributed by atoms with E-state index < -0.39 is 0 Å². The van der Waals surface area contributed by atoms with Gasteiger partial charge in [-0.3, -0.25) is 9.48 Å². The number of amides is 1. The van der Waals surface area contributed by atoms with Gasteiger partial charge in [-0.2, -0.15) is 5.10 Å². The van der Waals surface area contributed by atoms with Crippen molar-refractivity contribution in [3.05, 3.63) is 66.0 Å². The topological polar surface area (TPSA) is 100 Å². The van der Waals surface area contributed by atoms with Gasteiger partial charge in [-0.15, -0.1) is 0 Å². The fourth-order valence-electron chi connectivity index (χ4n) is 5.56. The summed E-state index contributed by atoms with van der Waals surface area (Å²) in [5.74, 6) is 3.52. The molecule has 0 radical (unpaired) electrons. The zero-order valence-electron chi connectivity index (χ0n) is 24.8. The van der Waals surface area contributed by atoms with Gasteiger partial charge in [-0.1, -0.05) is 12.1 Å². The number of fused-ring (bicyclic) bond motifs is 2. The standard InChI is InChI=1S/C32H37N5O6/c1-22-10-12-37(34-22)13-11-30(38)36(20-24-21-42-27-6-4-5-7-28(27)43-24)19-23-18-25-26(39-2)8-9-29(40-3)31(25)33-32(23)35-14-16-41-17-15-35/h4-10,12,18,24H,11,13-17,19-21H2,1-3H3. The monoisotopic (exact) mass is 587 g/mol. The molecule has 226 valence electrons. The molecular formula is C32H37N5O6. The third-order valence-electron chi connectivity index (χ3n) is 7.75. The van der Waals surface area contributed by atoms with E-state index in [0.717, 1.165) is 22.5 Å². The van der Waals surface area contributed by atoms with Gasteiger partial charge in [0, 0.05) is 49.7 Å². The molecular weight excluding hydrogens is 550 g/mol. The van der Waals surface area contributed by atoms with Crippen LogP contribution in [0.15, 0.2) is 54.7 Å². The highest BCUT2D eigenvalue weighted by Crippen LogP contribution is 2.36. The van der Waals surface area contributed by atoms with Gasteiger partial charge in [-0.25, -0.2) is 4.98 Å². The van der Waals surface area contributed by atoms with E-state index in [1.54, 1.807) is 18.9 Å². The molecule has 1 saturated heterocycles. The maximum atomic E-state index is 13.9. The third-order valence-corrected chi connectivity index (χ3v) is 7.75. The Kier molecular flexibility index (Phi) is 8.50. The highest BCUT2D eigenvalue weighted by molar-refractivity contribution is 5.92. The molecule has 0 N–H and O–H groups in total. The van der Waals surface area contributed by atoms with Gasteiger partial charge in [0.1, 0.15) is 29.4 Å². The minimum atomic E-state index is -0.333. The summed E-state index contributed by atoms with van der Waals surface area (Å²) in [6.07, 6.45) is 1.85. The van der Waals surface area contributed by atoms with E-state index in [1.165, 1.54) is 0 Å². The van der Waals surface area contributed by atoms with Gasteiger partial charge in [0.05, 0.1) is 39.7 Å². The number of aromatic nitrogens is 3. The number of nitrogens with zero attached hydrogens (tertiary/aromatic N) is 5. The molecule has 43 heavy (non-hydrogen) atoms. The predicted molar refractivity (Wildman–Crippen MR) is 161 cm³/mol. The Balaban J connectivity index is 1.35. The van der Waals surface area contributed by atoms with Crippen LogP contribution in [0, 0.1) is 6.92 Å². The molecule has 1 fully saturated rings. The lowest BCUT2D eigenvalue weighted by Crippen LogP contribution is -2.44. The maximum Gasteiger partial charge on any atom is 0.224 e. The van der Waals surface area contributed by atoms with Crippen molar-refractivity contribution in [3.8, 4) is 23.0 Å². The lowest BCUT2D eigenvalue weighted by Gasteiger charge is -2.34. The minimum Gasteiger partial charge on any atom is -0.496 e. The molecule has 2 aliphatic heterocycles. The molecule has 1 unspecified atom stereocenters. The average molecular weight is 588 g/mol. The van der Waals surface area contributed by atoms with Gasteiger partial charge >= 0.3 is 0 Å². The number of anilines is 1. The molecule has 0 saturated carbocycles. The number of ether oxygens (including phenoxy) is 5. The Morgan fingerprint density at radius 3 is 2.56 bits per heavy atom. The highest BCUT2D eigenvalue weighted by Gasteiger charge is 2.28. The van der Waals surface area contributed by atoms with Crippen molar-refractivity contribution >= 4 is 22.6 Å². The molecule has 2 aromatic carbocycles. The van der Waals surface area contributed by atoms with E-state index in [-0.39, 0.29) is 18.4 Å². The van der Waals surface area contributed by atoms with E-state index in [9.17, 15) is 4.79 Å². The number of rotatable bonds is 10. The SMILES string of the molecule is COc1ccc(OC)c2nc(N3CCOCC3)c(CN(CC3COc4ccccc4O3)C(=O)CCn3ccc(C)n3)cc12. The second-order valence-corrected chi connectivity index (χ2v) is 10.7. The fourth-order valence-corrected chi connectivity index (χ4v) is 5.56. The first-order chi connectivity index (χ1) is 21.0. The van der Waals surface area contributed by atoms with Crippen LogP contribution in [0.4, 0.5) is 5.82 Å². The molecule has 2 aromatic heterocycles. The molecule has 1 atom stereocenters. The van der Waals surface area contributed by atoms with Crippen molar-refractivity contribution in [1.82, 2.24) is 19.7 Å². The lowest BCUT2D eigenvalue weighted by molar-refractivity contribution is -0.133. The number of pyridine rings is 1. The largest absolute Gasteiger partial charge is 0.496 e. The average Bonchev–Trinajstić information content (AvgIpc) is 3.47. The maximum absolute atomic E-state index is 13.9. The summed E-state index contributed by atoms with van der Waals surface area (Å²) in [6, 6.07) is 15.3. The second kappa shape index (κ2) is 12.8. The number of carbonyl (C=O) groups excluding carboxylic acids is 1. The zero-order chi connectivity index (χ0) is 29.8. The van der Waals surface area contributed by atoms with Gasteiger partial charge in [-0.05, 0) is 43.3 Å². The number of benzene rings is 2. The number of hydrogen-bond donors (Lipinski definition) is 0. The first-order valence-corrected chi connectivity index (χ1v) is 14.6. The van der Waals surface area contributed by atoms with E-state index in [2.05, 4.69) is 16.1 Å². The molecule has 0 bridgehead atoms. The summed E-state index contributed by atoms with van der Waals surface area (Å²) in [7, 11) is 3.28. The fraction of sp³-hybridized carbons (Fsp3) is 0.406. The van der Waals surface area contributed by atoms with Crippen molar-refractivity contribution in [2.75, 3.05) is 58.6 Å². The third kappa shape index (κ3) is 6.31. The first kappa shape index (κ1) is 28.6.